The molecule has 0 bridgehead atoms. The van der Waals surface area contributed by atoms with Gasteiger partial charge in [-0.1, -0.05) is 71.2 Å². The number of nitrogens with zero attached hydrogens (tertiary/aromatic N) is 4. The molecule has 39 heavy (non-hydrogen) atoms. The zero-order valence-corrected chi connectivity index (χ0v) is 23.4. The molecule has 202 valence electrons. The lowest BCUT2D eigenvalue weighted by atomic mass is 10.0. The van der Waals surface area contributed by atoms with Crippen LogP contribution < -0.4 is 5.32 Å². The van der Waals surface area contributed by atoms with Crippen molar-refractivity contribution in [1.29, 1.82) is 0 Å². The Morgan fingerprint density at radius 1 is 0.718 bits per heavy atom. The van der Waals surface area contributed by atoms with E-state index in [0.717, 1.165) is 16.7 Å². The Morgan fingerprint density at radius 3 is 1.59 bits per heavy atom. The molecule has 0 saturated heterocycles. The van der Waals surface area contributed by atoms with Gasteiger partial charge in [0, 0.05) is 52.4 Å². The molecule has 0 atom stereocenters. The number of aromatic nitrogens is 4. The summed E-state index contributed by atoms with van der Waals surface area (Å²) in [6.07, 6.45) is 1.01. The van der Waals surface area contributed by atoms with Crippen molar-refractivity contribution in [3.8, 4) is 0 Å². The maximum atomic E-state index is 11.0. The molecule has 0 aliphatic heterocycles. The summed E-state index contributed by atoms with van der Waals surface area (Å²) in [5.41, 5.74) is 4.52. The molecule has 0 unspecified atom stereocenters. The molecule has 0 amide bonds. The van der Waals surface area contributed by atoms with Gasteiger partial charge >= 0.3 is 11.9 Å². The molecule has 12 heteroatoms. The fourth-order valence-corrected chi connectivity index (χ4v) is 4.32. The third-order valence-corrected chi connectivity index (χ3v) is 6.70. The summed E-state index contributed by atoms with van der Waals surface area (Å²) in [7, 11) is 1.70. The lowest BCUT2D eigenvalue weighted by molar-refractivity contribution is 0.0673. The Kier molecular flexibility index (Phi) is 10.2. The maximum absolute atomic E-state index is 11.0. The number of anilines is 1. The van der Waals surface area contributed by atoms with Crippen LogP contribution in [0.25, 0.3) is 0 Å². The Labute approximate surface area is 239 Å². The molecule has 2 heterocycles. The van der Waals surface area contributed by atoms with Crippen LogP contribution in [-0.2, 0) is 12.8 Å². The van der Waals surface area contributed by atoms with E-state index in [1.807, 2.05) is 42.5 Å². The maximum Gasteiger partial charge on any atom is 0.374 e. The first-order valence-corrected chi connectivity index (χ1v) is 12.7. The van der Waals surface area contributed by atoms with Crippen LogP contribution in [0.5, 0.6) is 0 Å². The van der Waals surface area contributed by atoms with Gasteiger partial charge in [-0.2, -0.15) is 0 Å². The molecular formula is C27H24Cl3N5O4. The first kappa shape index (κ1) is 29.8. The summed E-state index contributed by atoms with van der Waals surface area (Å²) >= 11 is 18.3. The predicted molar refractivity (Wildman–Crippen MR) is 151 cm³/mol. The molecule has 4 aromatic rings. The van der Waals surface area contributed by atoms with E-state index in [2.05, 4.69) is 25.3 Å². The van der Waals surface area contributed by atoms with Gasteiger partial charge in [0.15, 0.2) is 0 Å². The number of rotatable bonds is 7. The van der Waals surface area contributed by atoms with E-state index in [4.69, 9.17) is 45.0 Å². The van der Waals surface area contributed by atoms with Crippen molar-refractivity contribution < 1.29 is 19.8 Å². The van der Waals surface area contributed by atoms with Gasteiger partial charge in [0.25, 0.3) is 0 Å². The van der Waals surface area contributed by atoms with Gasteiger partial charge in [-0.25, -0.2) is 29.5 Å². The van der Waals surface area contributed by atoms with Crippen molar-refractivity contribution in [2.75, 3.05) is 12.4 Å². The zero-order valence-electron chi connectivity index (χ0n) is 21.2. The predicted octanol–water partition coefficient (Wildman–Crippen LogP) is 6.15. The van der Waals surface area contributed by atoms with Gasteiger partial charge in [0.2, 0.25) is 11.6 Å². The summed E-state index contributed by atoms with van der Waals surface area (Å²) < 4.78 is 0. The van der Waals surface area contributed by atoms with Crippen LogP contribution in [0.1, 0.15) is 54.9 Å². The van der Waals surface area contributed by atoms with Crippen molar-refractivity contribution in [2.24, 2.45) is 0 Å². The lowest BCUT2D eigenvalue weighted by Gasteiger charge is -2.12. The van der Waals surface area contributed by atoms with Gasteiger partial charge in [0.05, 0.1) is 0 Å². The molecule has 2 aromatic carbocycles. The quantitative estimate of drug-likeness (QED) is 0.217. The van der Waals surface area contributed by atoms with Crippen molar-refractivity contribution in [2.45, 2.75) is 26.7 Å². The van der Waals surface area contributed by atoms with Crippen LogP contribution in [0, 0.1) is 13.8 Å². The van der Waals surface area contributed by atoms with E-state index in [-0.39, 0.29) is 16.8 Å². The Bertz CT molecular complexity index is 1510. The fraction of sp³-hybridized carbons (Fsp3) is 0.185. The van der Waals surface area contributed by atoms with Gasteiger partial charge in [-0.05, 0) is 37.1 Å². The van der Waals surface area contributed by atoms with Crippen molar-refractivity contribution in [3.63, 3.8) is 0 Å². The summed E-state index contributed by atoms with van der Waals surface area (Å²) in [6.45, 7) is 3.47. The Balaban J connectivity index is 0.000000216. The molecule has 0 radical (unpaired) electrons. The first-order valence-electron chi connectivity index (χ1n) is 11.5. The lowest BCUT2D eigenvalue weighted by Crippen LogP contribution is -2.12. The highest BCUT2D eigenvalue weighted by Gasteiger charge is 2.17. The smallest absolute Gasteiger partial charge is 0.374 e. The highest BCUT2D eigenvalue weighted by atomic mass is 35.5. The third kappa shape index (κ3) is 7.63. The summed E-state index contributed by atoms with van der Waals surface area (Å²) in [5, 5.41) is 22.2. The summed E-state index contributed by atoms with van der Waals surface area (Å²) in [6, 6.07) is 14.9. The van der Waals surface area contributed by atoms with Crippen LogP contribution in [0.2, 0.25) is 15.2 Å². The van der Waals surface area contributed by atoms with Crippen LogP contribution in [0.4, 0.5) is 5.82 Å². The summed E-state index contributed by atoms with van der Waals surface area (Å²) in [5.74, 6) is -2.35. The summed E-state index contributed by atoms with van der Waals surface area (Å²) in [4.78, 5) is 37.5. The Hall–Kier alpha value is -3.79. The number of halogens is 3. The van der Waals surface area contributed by atoms with Crippen LogP contribution in [0.3, 0.4) is 0 Å². The molecule has 2 aromatic heterocycles. The number of hydrogen-bond acceptors (Lipinski definition) is 7. The SMILES string of the molecule is CNc1nc(C(=O)O)nc(C)c1Cc1ccccc1Cl.Cc1nc(C(=O)O)nc(Cl)c1Cc1ccccc1Cl. The van der Waals surface area contributed by atoms with E-state index >= 15 is 0 Å². The second kappa shape index (κ2) is 13.3. The average Bonchev–Trinajstić information content (AvgIpc) is 2.89. The van der Waals surface area contributed by atoms with E-state index < -0.39 is 11.9 Å². The zero-order chi connectivity index (χ0) is 28.7. The number of aryl methyl sites for hydroxylation is 2. The van der Waals surface area contributed by atoms with Crippen molar-refractivity contribution >= 4 is 52.6 Å². The topological polar surface area (TPSA) is 138 Å². The first-order chi connectivity index (χ1) is 18.5. The number of benzene rings is 2. The monoisotopic (exact) mass is 587 g/mol. The Morgan fingerprint density at radius 2 is 1.15 bits per heavy atom. The van der Waals surface area contributed by atoms with E-state index in [0.29, 0.717) is 45.7 Å². The minimum atomic E-state index is -1.20. The molecule has 9 nitrogen and oxygen atoms in total. The molecule has 0 aliphatic carbocycles. The number of carboxylic acid groups (broad SMARTS) is 2. The standard InChI is InChI=1S/C14H14ClN3O2.C13H10Cl2N2O2/c1-8-10(7-9-5-3-4-6-11(9)15)12(16-2)18-13(17-8)14(19)20;1-7-9(6-8-4-2-3-5-10(8)14)11(15)17-12(16-7)13(18)19/h3-6H,7H2,1-2H3,(H,19,20)(H,16,17,18);2-5H,6H2,1H3,(H,18,19). The van der Waals surface area contributed by atoms with Crippen LogP contribution in [0.15, 0.2) is 48.5 Å². The average molecular weight is 589 g/mol. The number of nitrogens with one attached hydrogen (secondary N) is 1. The molecule has 4 rings (SSSR count). The van der Waals surface area contributed by atoms with Gasteiger partial charge < -0.3 is 15.5 Å². The third-order valence-electron chi connectivity index (χ3n) is 5.65. The molecule has 0 saturated carbocycles. The van der Waals surface area contributed by atoms with Gasteiger partial charge in [-0.3, -0.25) is 0 Å². The normalized spacial score (nSPS) is 10.4. The molecular weight excluding hydrogens is 565 g/mol. The minimum absolute atomic E-state index is 0.143. The second-order valence-corrected chi connectivity index (χ2v) is 9.43. The highest BCUT2D eigenvalue weighted by Crippen LogP contribution is 2.25. The van der Waals surface area contributed by atoms with E-state index in [1.165, 1.54) is 0 Å². The number of carbonyl (C=O) groups is 2. The van der Waals surface area contributed by atoms with Crippen LogP contribution in [-0.4, -0.2) is 49.1 Å². The van der Waals surface area contributed by atoms with E-state index in [1.54, 1.807) is 27.0 Å². The fourth-order valence-electron chi connectivity index (χ4n) is 3.63. The van der Waals surface area contributed by atoms with Gasteiger partial charge in [0.1, 0.15) is 11.0 Å². The number of aromatic carboxylic acids is 2. The van der Waals surface area contributed by atoms with Crippen molar-refractivity contribution in [1.82, 2.24) is 19.9 Å². The van der Waals surface area contributed by atoms with Crippen molar-refractivity contribution in [3.05, 3.63) is 109 Å². The molecule has 0 spiro atoms. The molecule has 0 aliphatic rings. The number of hydrogen-bond donors (Lipinski definition) is 3. The largest absolute Gasteiger partial charge is 0.475 e. The van der Waals surface area contributed by atoms with E-state index in [9.17, 15) is 9.59 Å². The highest BCUT2D eigenvalue weighted by molar-refractivity contribution is 6.32. The number of carboxylic acids is 2. The second-order valence-electron chi connectivity index (χ2n) is 8.26. The minimum Gasteiger partial charge on any atom is -0.475 e. The van der Waals surface area contributed by atoms with Gasteiger partial charge in [-0.15, -0.1) is 0 Å². The molecule has 0 fully saturated rings. The molecule has 3 N–H and O–H groups in total. The van der Waals surface area contributed by atoms with Crippen LogP contribution >= 0.6 is 34.8 Å².